The molecule has 3 N–H and O–H groups in total. The van der Waals surface area contributed by atoms with E-state index >= 15 is 0 Å². The van der Waals surface area contributed by atoms with E-state index < -0.39 is 10.0 Å². The van der Waals surface area contributed by atoms with E-state index in [0.29, 0.717) is 23.8 Å². The van der Waals surface area contributed by atoms with Gasteiger partial charge in [-0.1, -0.05) is 55.1 Å². The van der Waals surface area contributed by atoms with E-state index in [4.69, 9.17) is 0 Å². The lowest BCUT2D eigenvalue weighted by molar-refractivity contribution is -0.113. The van der Waals surface area contributed by atoms with Crippen molar-refractivity contribution in [3.8, 4) is 5.69 Å². The topological polar surface area (TPSA) is 118 Å². The summed E-state index contributed by atoms with van der Waals surface area (Å²) in [6.07, 6.45) is 0.688. The van der Waals surface area contributed by atoms with E-state index in [2.05, 4.69) is 25.6 Å². The number of benzene rings is 3. The van der Waals surface area contributed by atoms with Gasteiger partial charge in [-0.2, -0.15) is 0 Å². The first kappa shape index (κ1) is 28.3. The number of para-hydroxylation sites is 2. The largest absolute Gasteiger partial charge is 0.378 e. The van der Waals surface area contributed by atoms with Crippen molar-refractivity contribution < 1.29 is 13.2 Å². The highest BCUT2D eigenvalue weighted by molar-refractivity contribution is 7.99. The number of rotatable bonds is 12. The van der Waals surface area contributed by atoms with Crippen LogP contribution in [0.15, 0.2) is 88.9 Å². The zero-order valence-electron chi connectivity index (χ0n) is 22.1. The Morgan fingerprint density at radius 3 is 2.36 bits per heavy atom. The first-order valence-corrected chi connectivity index (χ1v) is 15.1. The van der Waals surface area contributed by atoms with Gasteiger partial charge < -0.3 is 10.6 Å². The highest BCUT2D eigenvalue weighted by Crippen LogP contribution is 2.24. The predicted octanol–water partition coefficient (Wildman–Crippen LogP) is 5.00. The first-order valence-electron chi connectivity index (χ1n) is 12.6. The van der Waals surface area contributed by atoms with Crippen molar-refractivity contribution in [3.05, 3.63) is 90.3 Å². The highest BCUT2D eigenvalue weighted by Gasteiger charge is 2.18. The van der Waals surface area contributed by atoms with Crippen molar-refractivity contribution in [3.63, 3.8) is 0 Å². The third-order valence-corrected chi connectivity index (χ3v) is 8.58. The molecule has 1 unspecified atom stereocenters. The maximum atomic E-state index is 12.7. The van der Waals surface area contributed by atoms with Gasteiger partial charge in [0.2, 0.25) is 15.9 Å². The van der Waals surface area contributed by atoms with E-state index in [0.717, 1.165) is 22.8 Å². The van der Waals surface area contributed by atoms with Crippen molar-refractivity contribution >= 4 is 39.1 Å². The Balaban J connectivity index is 1.42. The molecule has 4 aromatic rings. The van der Waals surface area contributed by atoms with Gasteiger partial charge in [0, 0.05) is 23.1 Å². The van der Waals surface area contributed by atoms with Crippen molar-refractivity contribution in [2.24, 2.45) is 0 Å². The molecule has 0 aliphatic rings. The lowest BCUT2D eigenvalue weighted by atomic mass is 10.2. The molecule has 3 aromatic carbocycles. The van der Waals surface area contributed by atoms with Gasteiger partial charge in [-0.3, -0.25) is 9.36 Å². The zero-order valence-corrected chi connectivity index (χ0v) is 23.7. The standard InChI is InChI=1S/C28H32N6O3S2/c1-4-21(3)33-39(36,37)24-16-14-22(15-17-24)30-27(35)19-38-28-32-31-26(34(28)23-11-6-5-7-12-23)18-29-25-13-9-8-10-20(25)2/h5-17,21,29,33H,4,18-19H2,1-3H3,(H,30,35). The molecule has 1 atom stereocenters. The second-order valence-electron chi connectivity index (χ2n) is 9.03. The molecule has 0 spiro atoms. The number of nitrogens with zero attached hydrogens (tertiary/aromatic N) is 3. The van der Waals surface area contributed by atoms with Gasteiger partial charge in [-0.25, -0.2) is 13.1 Å². The Hall–Kier alpha value is -3.67. The summed E-state index contributed by atoms with van der Waals surface area (Å²) in [5.41, 5.74) is 3.56. The van der Waals surface area contributed by atoms with Crippen molar-refractivity contribution in [1.82, 2.24) is 19.5 Å². The molecule has 0 fully saturated rings. The molecule has 0 bridgehead atoms. The summed E-state index contributed by atoms with van der Waals surface area (Å²) >= 11 is 1.28. The summed E-state index contributed by atoms with van der Waals surface area (Å²) in [6.45, 7) is 6.22. The number of sulfonamides is 1. The molecular formula is C28H32N6O3S2. The molecular weight excluding hydrogens is 532 g/mol. The van der Waals surface area contributed by atoms with Crippen LogP contribution in [-0.2, 0) is 21.4 Å². The normalized spacial score (nSPS) is 12.2. The average molecular weight is 565 g/mol. The number of carbonyl (C=O) groups excluding carboxylic acids is 1. The van der Waals surface area contributed by atoms with Gasteiger partial charge >= 0.3 is 0 Å². The van der Waals surface area contributed by atoms with E-state index in [-0.39, 0.29) is 22.6 Å². The van der Waals surface area contributed by atoms with E-state index in [1.54, 1.807) is 12.1 Å². The number of amides is 1. The maximum Gasteiger partial charge on any atom is 0.240 e. The lowest BCUT2D eigenvalue weighted by Gasteiger charge is -2.13. The van der Waals surface area contributed by atoms with Gasteiger partial charge in [0.15, 0.2) is 11.0 Å². The Bertz CT molecular complexity index is 1510. The van der Waals surface area contributed by atoms with Crippen LogP contribution in [0.4, 0.5) is 11.4 Å². The predicted molar refractivity (Wildman–Crippen MR) is 156 cm³/mol. The fraction of sp³-hybridized carbons (Fsp3) is 0.250. The molecule has 1 aromatic heterocycles. The van der Waals surface area contributed by atoms with E-state index in [9.17, 15) is 13.2 Å². The van der Waals surface area contributed by atoms with Crippen molar-refractivity contribution in [2.75, 3.05) is 16.4 Å². The molecule has 9 nitrogen and oxygen atoms in total. The highest BCUT2D eigenvalue weighted by atomic mass is 32.2. The van der Waals surface area contributed by atoms with Crippen LogP contribution in [0.5, 0.6) is 0 Å². The van der Waals surface area contributed by atoms with Gasteiger partial charge in [0.05, 0.1) is 17.2 Å². The monoisotopic (exact) mass is 564 g/mol. The second kappa shape index (κ2) is 12.9. The summed E-state index contributed by atoms with van der Waals surface area (Å²) in [7, 11) is -3.61. The molecule has 11 heteroatoms. The molecule has 0 aliphatic carbocycles. The summed E-state index contributed by atoms with van der Waals surface area (Å²) < 4.78 is 29.5. The number of carbonyl (C=O) groups is 1. The Labute approximate surface area is 233 Å². The number of thioether (sulfide) groups is 1. The molecule has 204 valence electrons. The summed E-state index contributed by atoms with van der Waals surface area (Å²) in [6, 6.07) is 23.7. The first-order chi connectivity index (χ1) is 18.8. The number of hydrogen-bond acceptors (Lipinski definition) is 7. The fourth-order valence-corrected chi connectivity index (χ4v) is 5.85. The van der Waals surface area contributed by atoms with Crippen molar-refractivity contribution in [2.45, 2.75) is 49.8 Å². The van der Waals surface area contributed by atoms with Crippen LogP contribution < -0.4 is 15.4 Å². The Morgan fingerprint density at radius 1 is 0.974 bits per heavy atom. The van der Waals surface area contributed by atoms with Crippen LogP contribution in [0.25, 0.3) is 5.69 Å². The fourth-order valence-electron chi connectivity index (χ4n) is 3.75. The Morgan fingerprint density at radius 2 is 1.67 bits per heavy atom. The van der Waals surface area contributed by atoms with Gasteiger partial charge in [-0.05, 0) is 68.3 Å². The van der Waals surface area contributed by atoms with Gasteiger partial charge in [0.1, 0.15) is 0 Å². The smallest absolute Gasteiger partial charge is 0.240 e. The maximum absolute atomic E-state index is 12.7. The Kier molecular flexibility index (Phi) is 9.39. The molecule has 0 radical (unpaired) electrons. The van der Waals surface area contributed by atoms with Crippen LogP contribution in [0, 0.1) is 6.92 Å². The van der Waals surface area contributed by atoms with Crippen LogP contribution in [-0.4, -0.2) is 40.9 Å². The van der Waals surface area contributed by atoms with E-state index in [1.807, 2.05) is 79.9 Å². The average Bonchev–Trinajstić information content (AvgIpc) is 3.34. The third kappa shape index (κ3) is 7.47. The number of aryl methyl sites for hydroxylation is 1. The molecule has 1 heterocycles. The SMILES string of the molecule is CCC(C)NS(=O)(=O)c1ccc(NC(=O)CSc2nnc(CNc3ccccc3C)n2-c2ccccc2)cc1. The van der Waals surface area contributed by atoms with Crippen LogP contribution in [0.2, 0.25) is 0 Å². The molecule has 0 saturated carbocycles. The summed E-state index contributed by atoms with van der Waals surface area (Å²) in [4.78, 5) is 12.9. The number of anilines is 2. The molecule has 39 heavy (non-hydrogen) atoms. The van der Waals surface area contributed by atoms with Gasteiger partial charge in [-0.15, -0.1) is 10.2 Å². The van der Waals surface area contributed by atoms with Crippen LogP contribution >= 0.6 is 11.8 Å². The number of aromatic nitrogens is 3. The third-order valence-electron chi connectivity index (χ3n) is 6.05. The summed E-state index contributed by atoms with van der Waals surface area (Å²) in [5, 5.41) is 15.6. The van der Waals surface area contributed by atoms with Crippen molar-refractivity contribution in [1.29, 1.82) is 0 Å². The van der Waals surface area contributed by atoms with E-state index in [1.165, 1.54) is 23.9 Å². The molecule has 1 amide bonds. The molecule has 0 aliphatic heterocycles. The minimum Gasteiger partial charge on any atom is -0.378 e. The minimum atomic E-state index is -3.61. The molecule has 4 rings (SSSR count). The van der Waals surface area contributed by atoms with Gasteiger partial charge in [0.25, 0.3) is 0 Å². The number of nitrogens with one attached hydrogen (secondary N) is 3. The lowest BCUT2D eigenvalue weighted by Crippen LogP contribution is -2.31. The number of hydrogen-bond donors (Lipinski definition) is 3. The zero-order chi connectivity index (χ0) is 27.8. The van der Waals surface area contributed by atoms with Crippen LogP contribution in [0.3, 0.4) is 0 Å². The minimum absolute atomic E-state index is 0.103. The molecule has 0 saturated heterocycles. The van der Waals surface area contributed by atoms with Crippen LogP contribution in [0.1, 0.15) is 31.7 Å². The second-order valence-corrected chi connectivity index (χ2v) is 11.7. The summed E-state index contributed by atoms with van der Waals surface area (Å²) in [5.74, 6) is 0.580. The quantitative estimate of drug-likeness (QED) is 0.207.